The highest BCUT2D eigenvalue weighted by atomic mass is 19.4. The molecule has 0 N–H and O–H groups in total. The molecule has 3 aromatic carbocycles. The summed E-state index contributed by atoms with van der Waals surface area (Å²) >= 11 is 0. The molecule has 260 valence electrons. The maximum atomic E-state index is 13.5. The molecular formula is C38H44F3O7-. The molecular weight excluding hydrogens is 625 g/mol. The fourth-order valence-electron chi connectivity index (χ4n) is 5.24. The van der Waals surface area contributed by atoms with Gasteiger partial charge in [0.05, 0.1) is 11.5 Å². The molecule has 1 atom stereocenters. The molecule has 3 aromatic rings. The van der Waals surface area contributed by atoms with Crippen LogP contribution >= 0.6 is 0 Å². The number of rotatable bonds is 20. The maximum absolute atomic E-state index is 13.5. The second-order valence-corrected chi connectivity index (χ2v) is 11.6. The summed E-state index contributed by atoms with van der Waals surface area (Å²) in [5.41, 5.74) is 2.16. The Morgan fingerprint density at radius 3 is 1.92 bits per heavy atom. The summed E-state index contributed by atoms with van der Waals surface area (Å²) in [7, 11) is 0. The maximum Gasteiger partial charge on any atom is 0.425 e. The van der Waals surface area contributed by atoms with E-state index in [0.717, 1.165) is 19.3 Å². The summed E-state index contributed by atoms with van der Waals surface area (Å²) in [5, 5.41) is 11.7. The second-order valence-electron chi connectivity index (χ2n) is 11.6. The van der Waals surface area contributed by atoms with Gasteiger partial charge in [-0.15, -0.1) is 0 Å². The van der Waals surface area contributed by atoms with Crippen molar-refractivity contribution in [3.05, 3.63) is 77.9 Å². The predicted octanol–water partition coefficient (Wildman–Crippen LogP) is 8.72. The lowest BCUT2D eigenvalue weighted by molar-refractivity contribution is -0.255. The molecule has 7 nitrogen and oxygen atoms in total. The minimum atomic E-state index is -4.73. The Morgan fingerprint density at radius 1 is 0.729 bits per heavy atom. The molecule has 0 aromatic heterocycles. The van der Waals surface area contributed by atoms with Crippen molar-refractivity contribution in [2.75, 3.05) is 13.2 Å². The average Bonchev–Trinajstić information content (AvgIpc) is 3.07. The molecule has 0 bridgehead atoms. The van der Waals surface area contributed by atoms with Crippen LogP contribution in [0.15, 0.2) is 66.7 Å². The zero-order valence-corrected chi connectivity index (χ0v) is 27.6. The monoisotopic (exact) mass is 669 g/mol. The molecule has 0 heterocycles. The van der Waals surface area contributed by atoms with Gasteiger partial charge in [-0.2, -0.15) is 13.2 Å². The lowest BCUT2D eigenvalue weighted by Crippen LogP contribution is -2.34. The molecule has 10 heteroatoms. The third-order valence-corrected chi connectivity index (χ3v) is 7.89. The molecule has 0 aliphatic carbocycles. The molecule has 0 saturated heterocycles. The molecule has 0 radical (unpaired) electrons. The van der Waals surface area contributed by atoms with Crippen LogP contribution in [0.5, 0.6) is 5.75 Å². The van der Waals surface area contributed by atoms with E-state index >= 15 is 0 Å². The number of esters is 2. The van der Waals surface area contributed by atoms with E-state index in [9.17, 15) is 32.7 Å². The lowest BCUT2D eigenvalue weighted by Gasteiger charge is -2.21. The Labute approximate surface area is 280 Å². The molecule has 0 aliphatic rings. The van der Waals surface area contributed by atoms with E-state index in [1.165, 1.54) is 68.5 Å². The van der Waals surface area contributed by atoms with Gasteiger partial charge in [-0.3, -0.25) is 4.79 Å². The number of alkyl halides is 3. The average molecular weight is 670 g/mol. The van der Waals surface area contributed by atoms with Gasteiger partial charge in [-0.05, 0) is 84.3 Å². The second kappa shape index (κ2) is 19.6. The number of carboxylic acid groups (broad SMARTS) is 1. The zero-order chi connectivity index (χ0) is 34.9. The van der Waals surface area contributed by atoms with Crippen molar-refractivity contribution >= 4 is 17.9 Å². The van der Waals surface area contributed by atoms with Crippen molar-refractivity contribution in [3.8, 4) is 28.0 Å². The van der Waals surface area contributed by atoms with Gasteiger partial charge in [0.1, 0.15) is 5.75 Å². The summed E-state index contributed by atoms with van der Waals surface area (Å²) in [6, 6.07) is 16.9. The number of carbonyl (C=O) groups excluding carboxylic acids is 3. The number of carboxylic acids is 1. The van der Waals surface area contributed by atoms with Gasteiger partial charge >= 0.3 is 18.1 Å². The number of halogens is 3. The molecule has 0 aliphatic heterocycles. The number of hydrogen-bond donors (Lipinski definition) is 0. The number of carbonyl (C=O) groups is 3. The molecule has 0 amide bonds. The van der Waals surface area contributed by atoms with Gasteiger partial charge in [0, 0.05) is 19.6 Å². The van der Waals surface area contributed by atoms with Gasteiger partial charge in [-0.1, -0.05) is 88.3 Å². The Kier molecular flexibility index (Phi) is 15.6. The van der Waals surface area contributed by atoms with Crippen molar-refractivity contribution in [2.45, 2.75) is 96.8 Å². The number of unbranched alkanes of at least 4 members (excludes halogenated alkanes) is 7. The van der Waals surface area contributed by atoms with Crippen LogP contribution in [0.1, 0.15) is 105 Å². The zero-order valence-electron chi connectivity index (χ0n) is 27.6. The van der Waals surface area contributed by atoms with E-state index in [0.29, 0.717) is 41.0 Å². The van der Waals surface area contributed by atoms with Crippen LogP contribution in [0, 0.1) is 0 Å². The van der Waals surface area contributed by atoms with Crippen LogP contribution in [0.4, 0.5) is 13.2 Å². The van der Waals surface area contributed by atoms with Crippen LogP contribution < -0.4 is 9.84 Å². The van der Waals surface area contributed by atoms with Crippen molar-refractivity contribution in [2.24, 2.45) is 0 Å². The Morgan fingerprint density at radius 2 is 1.31 bits per heavy atom. The van der Waals surface area contributed by atoms with E-state index in [1.807, 2.05) is 0 Å². The van der Waals surface area contributed by atoms with Crippen LogP contribution in [-0.2, 0) is 14.3 Å². The quantitative estimate of drug-likeness (QED) is 0.0674. The van der Waals surface area contributed by atoms with Crippen LogP contribution in [0.25, 0.3) is 22.3 Å². The van der Waals surface area contributed by atoms with Crippen molar-refractivity contribution in [1.82, 2.24) is 0 Å². The molecule has 0 unspecified atom stereocenters. The summed E-state index contributed by atoms with van der Waals surface area (Å²) in [6.45, 7) is 4.41. The van der Waals surface area contributed by atoms with Crippen molar-refractivity contribution in [3.63, 3.8) is 0 Å². The normalized spacial score (nSPS) is 12.0. The Bertz CT molecular complexity index is 1450. The minimum absolute atomic E-state index is 0.0739. The minimum Gasteiger partial charge on any atom is -0.545 e. The van der Waals surface area contributed by atoms with Gasteiger partial charge in [-0.25, -0.2) is 4.79 Å². The summed E-state index contributed by atoms with van der Waals surface area (Å²) in [6.07, 6.45) is 1.96. The molecule has 0 fully saturated rings. The fraction of sp³-hybridized carbons (Fsp3) is 0.447. The van der Waals surface area contributed by atoms with E-state index in [4.69, 9.17) is 14.2 Å². The van der Waals surface area contributed by atoms with Crippen LogP contribution in [0.2, 0.25) is 0 Å². The SMILES string of the molecule is CCCCCCCCCCC(=O)Oc1ccc(-c2ccc(C(=O)[O-])cc2-c2ccc(C(=O)O[C@H](CCCOCC)C(F)(F)F)cc2)cc1. The fourth-order valence-corrected chi connectivity index (χ4v) is 5.24. The van der Waals surface area contributed by atoms with E-state index in [2.05, 4.69) is 6.92 Å². The first-order chi connectivity index (χ1) is 23.0. The van der Waals surface area contributed by atoms with Gasteiger partial charge in [0.15, 0.2) is 6.10 Å². The van der Waals surface area contributed by atoms with Gasteiger partial charge < -0.3 is 24.1 Å². The number of hydrogen-bond acceptors (Lipinski definition) is 7. The van der Waals surface area contributed by atoms with Crippen LogP contribution in [0.3, 0.4) is 0 Å². The molecule has 0 saturated carbocycles. The Hall–Kier alpha value is -4.18. The highest BCUT2D eigenvalue weighted by molar-refractivity contribution is 5.94. The van der Waals surface area contributed by atoms with E-state index in [-0.39, 0.29) is 30.1 Å². The summed E-state index contributed by atoms with van der Waals surface area (Å²) in [5.74, 6) is -2.44. The van der Waals surface area contributed by atoms with Crippen LogP contribution in [-0.4, -0.2) is 43.4 Å². The third-order valence-electron chi connectivity index (χ3n) is 7.89. The number of aromatic carboxylic acids is 1. The first-order valence-corrected chi connectivity index (χ1v) is 16.7. The molecule has 3 rings (SSSR count). The largest absolute Gasteiger partial charge is 0.545 e. The molecule has 48 heavy (non-hydrogen) atoms. The summed E-state index contributed by atoms with van der Waals surface area (Å²) < 4.78 is 55.9. The van der Waals surface area contributed by atoms with E-state index < -0.39 is 30.6 Å². The Balaban J connectivity index is 1.69. The standard InChI is InChI=1S/C38H45F3O7/c1-3-5-6-7-8-9-10-11-14-35(42)47-31-22-19-27(20-23-31)32-24-21-30(36(43)44)26-33(32)28-15-17-29(18-16-28)37(45)48-34(38(39,40)41)13-12-25-46-4-2/h15-24,26,34H,3-14,25H2,1-2H3,(H,43,44)/p-1/t34-/m1/s1. The third kappa shape index (κ3) is 12.4. The first-order valence-electron chi connectivity index (χ1n) is 16.7. The van der Waals surface area contributed by atoms with Gasteiger partial charge in [0.25, 0.3) is 0 Å². The van der Waals surface area contributed by atoms with Crippen molar-refractivity contribution in [1.29, 1.82) is 0 Å². The number of ether oxygens (including phenoxy) is 3. The van der Waals surface area contributed by atoms with E-state index in [1.54, 1.807) is 37.3 Å². The smallest absolute Gasteiger partial charge is 0.425 e. The van der Waals surface area contributed by atoms with Crippen molar-refractivity contribution < 1.29 is 46.9 Å². The predicted molar refractivity (Wildman–Crippen MR) is 175 cm³/mol. The lowest BCUT2D eigenvalue weighted by atomic mass is 9.92. The van der Waals surface area contributed by atoms with Gasteiger partial charge in [0.2, 0.25) is 0 Å². The summed E-state index contributed by atoms with van der Waals surface area (Å²) in [4.78, 5) is 36.7. The highest BCUT2D eigenvalue weighted by Gasteiger charge is 2.42. The molecule has 0 spiro atoms. The highest BCUT2D eigenvalue weighted by Crippen LogP contribution is 2.35. The first kappa shape index (κ1) is 38.3. The topological polar surface area (TPSA) is 102 Å². The number of benzene rings is 3.